The Kier molecular flexibility index (Phi) is 6.40. The normalized spacial score (nSPS) is 15.9. The topological polar surface area (TPSA) is 125 Å². The highest BCUT2D eigenvalue weighted by atomic mass is 35.5. The smallest absolute Gasteiger partial charge is 0.405 e. The maximum Gasteiger partial charge on any atom is 0.405 e. The summed E-state index contributed by atoms with van der Waals surface area (Å²) in [6.45, 7) is 5.02. The van der Waals surface area contributed by atoms with Crippen molar-refractivity contribution in [3.05, 3.63) is 34.6 Å². The average molecular weight is 438 g/mol. The lowest BCUT2D eigenvalue weighted by atomic mass is 9.89. The van der Waals surface area contributed by atoms with Crippen LogP contribution in [-0.4, -0.2) is 44.9 Å². The molecule has 2 aromatic heterocycles. The van der Waals surface area contributed by atoms with Gasteiger partial charge in [-0.2, -0.15) is 0 Å². The predicted molar refractivity (Wildman–Crippen MR) is 114 cm³/mol. The van der Waals surface area contributed by atoms with Crippen molar-refractivity contribution in [3.8, 4) is 0 Å². The minimum Gasteiger partial charge on any atom is -0.465 e. The molecule has 3 heterocycles. The van der Waals surface area contributed by atoms with E-state index in [0.29, 0.717) is 36.6 Å². The van der Waals surface area contributed by atoms with Crippen molar-refractivity contribution >= 4 is 41.0 Å². The number of aromatic nitrogens is 2. The number of nitrogen functional groups attached to an aromatic ring is 1. The second-order valence-electron chi connectivity index (χ2n) is 7.32. The van der Waals surface area contributed by atoms with Crippen LogP contribution in [0.2, 0.25) is 5.02 Å². The van der Waals surface area contributed by atoms with Crippen LogP contribution in [0.1, 0.15) is 31.0 Å². The summed E-state index contributed by atoms with van der Waals surface area (Å²) in [7, 11) is 0. The molecule has 1 amide bonds. The first-order valence-electron chi connectivity index (χ1n) is 9.17. The quantitative estimate of drug-likeness (QED) is 0.561. The number of carbonyl (C=O) groups is 1. The molecule has 156 valence electrons. The highest BCUT2D eigenvalue weighted by Crippen LogP contribution is 2.38. The second-order valence-corrected chi connectivity index (χ2v) is 8.73. The molecule has 0 bridgehead atoms. The first-order valence-corrected chi connectivity index (χ1v) is 10.4. The number of amides is 1. The number of rotatable bonds is 5. The van der Waals surface area contributed by atoms with Crippen molar-refractivity contribution in [2.24, 2.45) is 0 Å². The van der Waals surface area contributed by atoms with Crippen LogP contribution in [-0.2, 0) is 6.61 Å². The number of halogens is 1. The minimum absolute atomic E-state index is 0.198. The third-order valence-electron chi connectivity index (χ3n) is 5.08. The molecule has 8 nitrogen and oxygen atoms in total. The average Bonchev–Trinajstić information content (AvgIpc) is 2.66. The number of pyridine rings is 2. The second kappa shape index (κ2) is 8.64. The molecule has 1 fully saturated rings. The number of aryl methyl sites for hydroxylation is 1. The van der Waals surface area contributed by atoms with E-state index in [2.05, 4.69) is 20.2 Å². The van der Waals surface area contributed by atoms with E-state index in [0.717, 1.165) is 21.2 Å². The molecule has 5 N–H and O–H groups in total. The summed E-state index contributed by atoms with van der Waals surface area (Å²) in [5.74, 6) is 0.264. The molecule has 0 spiro atoms. The van der Waals surface area contributed by atoms with Gasteiger partial charge in [0.2, 0.25) is 0 Å². The number of anilines is 2. The largest absolute Gasteiger partial charge is 0.465 e. The SMILES string of the molecule is Cc1cc(N2CCC(C)(NC(=O)O)CC2)c(CO)nc1Sc1ccnc(N)c1Cl. The molecule has 1 aliphatic rings. The molecular formula is C19H24ClN5O3S. The van der Waals surface area contributed by atoms with E-state index >= 15 is 0 Å². The summed E-state index contributed by atoms with van der Waals surface area (Å²) >= 11 is 7.62. The van der Waals surface area contributed by atoms with Crippen molar-refractivity contribution in [2.45, 2.75) is 48.8 Å². The molecule has 2 aromatic rings. The lowest BCUT2D eigenvalue weighted by Crippen LogP contribution is -2.53. The molecule has 0 radical (unpaired) electrons. The van der Waals surface area contributed by atoms with Gasteiger partial charge in [-0.15, -0.1) is 0 Å². The number of hydrogen-bond donors (Lipinski definition) is 4. The molecule has 0 unspecified atom stereocenters. The van der Waals surface area contributed by atoms with Crippen LogP contribution in [0.5, 0.6) is 0 Å². The summed E-state index contributed by atoms with van der Waals surface area (Å²) < 4.78 is 0. The Morgan fingerprint density at radius 2 is 2.14 bits per heavy atom. The van der Waals surface area contributed by atoms with Crippen LogP contribution in [0.4, 0.5) is 16.3 Å². The van der Waals surface area contributed by atoms with Crippen LogP contribution in [0.3, 0.4) is 0 Å². The number of nitrogens with zero attached hydrogens (tertiary/aromatic N) is 3. The van der Waals surface area contributed by atoms with Crippen LogP contribution in [0, 0.1) is 6.92 Å². The van der Waals surface area contributed by atoms with Gasteiger partial charge in [0, 0.05) is 29.7 Å². The van der Waals surface area contributed by atoms with E-state index in [1.807, 2.05) is 19.9 Å². The van der Waals surface area contributed by atoms with Crippen LogP contribution in [0.25, 0.3) is 0 Å². The molecule has 1 saturated heterocycles. The molecular weight excluding hydrogens is 414 g/mol. The summed E-state index contributed by atoms with van der Waals surface area (Å²) in [4.78, 5) is 22.5. The third-order valence-corrected chi connectivity index (χ3v) is 6.75. The zero-order valence-electron chi connectivity index (χ0n) is 16.3. The summed E-state index contributed by atoms with van der Waals surface area (Å²) in [5.41, 5.74) is 7.72. The van der Waals surface area contributed by atoms with Crippen LogP contribution >= 0.6 is 23.4 Å². The molecule has 0 aromatic carbocycles. The summed E-state index contributed by atoms with van der Waals surface area (Å²) in [5, 5.41) is 22.7. The van der Waals surface area contributed by atoms with Crippen LogP contribution in [0.15, 0.2) is 28.3 Å². The maximum atomic E-state index is 11.0. The fourth-order valence-corrected chi connectivity index (χ4v) is 4.49. The van der Waals surface area contributed by atoms with E-state index in [1.54, 1.807) is 12.3 Å². The Bertz CT molecular complexity index is 919. The van der Waals surface area contributed by atoms with Gasteiger partial charge >= 0.3 is 6.09 Å². The highest BCUT2D eigenvalue weighted by Gasteiger charge is 2.32. The molecule has 0 atom stereocenters. The number of nitrogens with one attached hydrogen (secondary N) is 1. The maximum absolute atomic E-state index is 11.0. The van der Waals surface area contributed by atoms with Crippen molar-refractivity contribution in [3.63, 3.8) is 0 Å². The lowest BCUT2D eigenvalue weighted by Gasteiger charge is -2.40. The number of hydrogen-bond acceptors (Lipinski definition) is 7. The predicted octanol–water partition coefficient (Wildman–Crippen LogP) is 3.29. The first kappa shape index (κ1) is 21.5. The van der Waals surface area contributed by atoms with Gasteiger partial charge < -0.3 is 26.2 Å². The standard InChI is InChI=1S/C19H24ClN5O3S/c1-11-9-13(25-7-4-19(2,5-8-25)24-18(27)28)12(10-26)23-17(11)29-14-3-6-22-16(21)15(14)20/h3,6,9,24,26H,4-5,7-8,10H2,1-2H3,(H2,21,22)(H,27,28). The van der Waals surface area contributed by atoms with Crippen molar-refractivity contribution in [1.29, 1.82) is 0 Å². The molecule has 0 aliphatic carbocycles. The van der Waals surface area contributed by atoms with E-state index in [1.165, 1.54) is 11.8 Å². The number of nitrogens with two attached hydrogens (primary N) is 1. The summed E-state index contributed by atoms with van der Waals surface area (Å²) in [6, 6.07) is 3.78. The third kappa shape index (κ3) is 4.85. The van der Waals surface area contributed by atoms with Crippen molar-refractivity contribution < 1.29 is 15.0 Å². The molecule has 1 aliphatic heterocycles. The Labute approximate surface area is 178 Å². The van der Waals surface area contributed by atoms with Gasteiger partial charge in [0.1, 0.15) is 10.8 Å². The van der Waals surface area contributed by atoms with Gasteiger partial charge in [-0.25, -0.2) is 14.8 Å². The van der Waals surface area contributed by atoms with Crippen molar-refractivity contribution in [2.75, 3.05) is 23.7 Å². The van der Waals surface area contributed by atoms with Gasteiger partial charge in [0.25, 0.3) is 0 Å². The first-order chi connectivity index (χ1) is 13.7. The minimum atomic E-state index is -1.01. The van der Waals surface area contributed by atoms with Gasteiger partial charge in [0.15, 0.2) is 0 Å². The fourth-order valence-electron chi connectivity index (χ4n) is 3.36. The Balaban J connectivity index is 1.82. The van der Waals surface area contributed by atoms with Gasteiger partial charge in [0.05, 0.1) is 23.0 Å². The number of piperidine rings is 1. The van der Waals surface area contributed by atoms with Gasteiger partial charge in [-0.3, -0.25) is 0 Å². The number of carboxylic acid groups (broad SMARTS) is 1. The Morgan fingerprint density at radius 1 is 1.45 bits per heavy atom. The summed E-state index contributed by atoms with van der Waals surface area (Å²) in [6.07, 6.45) is 1.93. The fraction of sp³-hybridized carbons (Fsp3) is 0.421. The molecule has 10 heteroatoms. The zero-order chi connectivity index (χ0) is 21.2. The van der Waals surface area contributed by atoms with Crippen molar-refractivity contribution in [1.82, 2.24) is 15.3 Å². The van der Waals surface area contributed by atoms with E-state index < -0.39 is 11.6 Å². The van der Waals surface area contributed by atoms with E-state index in [9.17, 15) is 9.90 Å². The number of aliphatic hydroxyl groups excluding tert-OH is 1. The van der Waals surface area contributed by atoms with Crippen LogP contribution < -0.4 is 16.0 Å². The number of aliphatic hydroxyl groups is 1. The Hall–Kier alpha value is -2.23. The van der Waals surface area contributed by atoms with Gasteiger partial charge in [-0.1, -0.05) is 23.4 Å². The lowest BCUT2D eigenvalue weighted by molar-refractivity contribution is 0.173. The monoisotopic (exact) mass is 437 g/mol. The molecule has 3 rings (SSSR count). The molecule has 0 saturated carbocycles. The zero-order valence-corrected chi connectivity index (χ0v) is 17.8. The van der Waals surface area contributed by atoms with E-state index in [4.69, 9.17) is 22.4 Å². The Morgan fingerprint density at radius 3 is 2.76 bits per heavy atom. The van der Waals surface area contributed by atoms with Gasteiger partial charge in [-0.05, 0) is 44.4 Å². The highest BCUT2D eigenvalue weighted by molar-refractivity contribution is 7.99. The molecule has 29 heavy (non-hydrogen) atoms. The van der Waals surface area contributed by atoms with E-state index in [-0.39, 0.29) is 12.4 Å².